The molecule has 112 valence electrons. The van der Waals surface area contributed by atoms with Crippen LogP contribution in [-0.4, -0.2) is 23.3 Å². The number of rotatable bonds is 8. The number of hydrogen-bond acceptors (Lipinski definition) is 5. The molecule has 0 N–H and O–H groups in total. The summed E-state index contributed by atoms with van der Waals surface area (Å²) in [6, 6.07) is 7.75. The van der Waals surface area contributed by atoms with Crippen molar-refractivity contribution < 1.29 is 9.53 Å². The highest BCUT2D eigenvalue weighted by Gasteiger charge is 2.05. The monoisotopic (exact) mass is 341 g/mol. The van der Waals surface area contributed by atoms with Crippen LogP contribution in [0.3, 0.4) is 0 Å². The molecule has 0 aliphatic heterocycles. The van der Waals surface area contributed by atoms with Gasteiger partial charge in [-0.2, -0.15) is 0 Å². The Kier molecular flexibility index (Phi) is 7.06. The smallest absolute Gasteiger partial charge is 0.306 e. The van der Waals surface area contributed by atoms with E-state index in [1.54, 1.807) is 34.8 Å². The number of nitrogens with zero attached hydrogens (tertiary/aromatic N) is 1. The van der Waals surface area contributed by atoms with E-state index in [0.29, 0.717) is 19.4 Å². The van der Waals surface area contributed by atoms with Crippen LogP contribution in [0.15, 0.2) is 40.9 Å². The second kappa shape index (κ2) is 9.07. The lowest BCUT2D eigenvalue weighted by molar-refractivity contribution is -0.143. The largest absolute Gasteiger partial charge is 0.466 e. The van der Waals surface area contributed by atoms with E-state index in [0.717, 1.165) is 27.0 Å². The van der Waals surface area contributed by atoms with Gasteiger partial charge in [-0.05, 0) is 25.0 Å². The van der Waals surface area contributed by atoms with E-state index in [2.05, 4.69) is 4.98 Å². The van der Waals surface area contributed by atoms with Gasteiger partial charge in [0.1, 0.15) is 0 Å². The number of thioether (sulfide) groups is 1. The van der Waals surface area contributed by atoms with Gasteiger partial charge in [0.15, 0.2) is 0 Å². The second-order valence-electron chi connectivity index (χ2n) is 4.32. The summed E-state index contributed by atoms with van der Waals surface area (Å²) in [7, 11) is 0. The van der Waals surface area contributed by atoms with Crippen molar-refractivity contribution >= 4 is 40.7 Å². The van der Waals surface area contributed by atoms with Crippen LogP contribution in [0.5, 0.6) is 0 Å². The number of halogens is 1. The molecule has 0 unspecified atom stereocenters. The van der Waals surface area contributed by atoms with Crippen molar-refractivity contribution in [2.75, 3.05) is 12.4 Å². The Labute approximate surface area is 137 Å². The van der Waals surface area contributed by atoms with Crippen LogP contribution in [0, 0.1) is 0 Å². The second-order valence-corrected chi connectivity index (χ2v) is 6.84. The molecular formula is C15H16ClNO2S2. The number of carbonyl (C=O) groups excluding carboxylic acids is 1. The molecule has 2 aromatic rings. The van der Waals surface area contributed by atoms with Crippen molar-refractivity contribution in [3.8, 4) is 0 Å². The molecule has 1 heterocycles. The van der Waals surface area contributed by atoms with Gasteiger partial charge in [-0.25, -0.2) is 0 Å². The Morgan fingerprint density at radius 3 is 3.00 bits per heavy atom. The van der Waals surface area contributed by atoms with Gasteiger partial charge in [0, 0.05) is 21.7 Å². The van der Waals surface area contributed by atoms with Crippen LogP contribution in [0.2, 0.25) is 5.02 Å². The van der Waals surface area contributed by atoms with E-state index in [4.69, 9.17) is 16.3 Å². The maximum atomic E-state index is 11.6. The maximum absolute atomic E-state index is 11.6. The fraction of sp³-hybridized carbons (Fsp3) is 0.333. The minimum absolute atomic E-state index is 0.147. The molecule has 0 amide bonds. The lowest BCUT2D eigenvalue weighted by Crippen LogP contribution is -2.07. The highest BCUT2D eigenvalue weighted by atomic mass is 35.5. The predicted molar refractivity (Wildman–Crippen MR) is 88.2 cm³/mol. The van der Waals surface area contributed by atoms with Gasteiger partial charge in [0.25, 0.3) is 0 Å². The van der Waals surface area contributed by atoms with Crippen LogP contribution in [0.25, 0.3) is 0 Å². The average Bonchev–Trinajstić information content (AvgIpc) is 3.00. The summed E-state index contributed by atoms with van der Waals surface area (Å²) in [5.41, 5.74) is 1.77. The Bertz CT molecular complexity index is 561. The molecule has 0 aliphatic rings. The highest BCUT2D eigenvalue weighted by Crippen LogP contribution is 2.26. The van der Waals surface area contributed by atoms with Crippen molar-refractivity contribution in [2.45, 2.75) is 24.2 Å². The van der Waals surface area contributed by atoms with Gasteiger partial charge in [-0.3, -0.25) is 9.78 Å². The number of hydrogen-bond donors (Lipinski definition) is 0. The number of esters is 1. The highest BCUT2D eigenvalue weighted by molar-refractivity contribution is 7.99. The van der Waals surface area contributed by atoms with E-state index >= 15 is 0 Å². The van der Waals surface area contributed by atoms with Crippen LogP contribution in [-0.2, 0) is 16.0 Å². The number of aromatic nitrogens is 1. The molecule has 21 heavy (non-hydrogen) atoms. The van der Waals surface area contributed by atoms with E-state index in [-0.39, 0.29) is 5.97 Å². The van der Waals surface area contributed by atoms with Gasteiger partial charge in [0.05, 0.1) is 23.6 Å². The van der Waals surface area contributed by atoms with E-state index < -0.39 is 0 Å². The molecule has 2 rings (SSSR count). The molecule has 0 saturated heterocycles. The van der Waals surface area contributed by atoms with Crippen molar-refractivity contribution in [3.05, 3.63) is 45.9 Å². The van der Waals surface area contributed by atoms with Gasteiger partial charge in [-0.1, -0.05) is 23.7 Å². The number of ether oxygens (including phenoxy) is 1. The Morgan fingerprint density at radius 1 is 1.38 bits per heavy atom. The van der Waals surface area contributed by atoms with Crippen molar-refractivity contribution in [2.24, 2.45) is 0 Å². The zero-order chi connectivity index (χ0) is 14.9. The van der Waals surface area contributed by atoms with Gasteiger partial charge >= 0.3 is 5.97 Å². The summed E-state index contributed by atoms with van der Waals surface area (Å²) >= 11 is 9.31. The third kappa shape index (κ3) is 6.08. The number of aryl methyl sites for hydroxylation is 1. The molecule has 1 aromatic carbocycles. The van der Waals surface area contributed by atoms with Gasteiger partial charge in [-0.15, -0.1) is 23.1 Å². The zero-order valence-corrected chi connectivity index (χ0v) is 13.8. The number of benzene rings is 1. The number of thiazole rings is 1. The average molecular weight is 342 g/mol. The minimum Gasteiger partial charge on any atom is -0.466 e. The molecule has 0 spiro atoms. The summed E-state index contributed by atoms with van der Waals surface area (Å²) in [5, 5.41) is 0.768. The lowest BCUT2D eigenvalue weighted by Gasteiger charge is -2.05. The summed E-state index contributed by atoms with van der Waals surface area (Å²) in [5.74, 6) is 0.734. The molecule has 0 fully saturated rings. The first kappa shape index (κ1) is 16.3. The van der Waals surface area contributed by atoms with Crippen LogP contribution in [0.4, 0.5) is 0 Å². The Balaban J connectivity index is 1.55. The molecule has 3 nitrogen and oxygen atoms in total. The minimum atomic E-state index is -0.147. The van der Waals surface area contributed by atoms with E-state index in [1.807, 2.05) is 24.3 Å². The molecule has 0 saturated carbocycles. The van der Waals surface area contributed by atoms with Gasteiger partial charge < -0.3 is 4.74 Å². The van der Waals surface area contributed by atoms with E-state index in [1.165, 1.54) is 0 Å². The van der Waals surface area contributed by atoms with Crippen LogP contribution < -0.4 is 0 Å². The van der Waals surface area contributed by atoms with Crippen molar-refractivity contribution in [1.82, 2.24) is 4.98 Å². The summed E-state index contributed by atoms with van der Waals surface area (Å²) in [6.07, 6.45) is 3.73. The molecule has 0 atom stereocenters. The predicted octanol–water partition coefficient (Wildman–Crippen LogP) is 4.45. The topological polar surface area (TPSA) is 39.2 Å². The zero-order valence-electron chi connectivity index (χ0n) is 11.5. The summed E-state index contributed by atoms with van der Waals surface area (Å²) in [6.45, 7) is 0.457. The number of carbonyl (C=O) groups is 1. The first-order valence-corrected chi connectivity index (χ1v) is 8.90. The molecule has 1 aromatic heterocycles. The summed E-state index contributed by atoms with van der Waals surface area (Å²) < 4.78 is 5.21. The van der Waals surface area contributed by atoms with Crippen LogP contribution in [0.1, 0.15) is 17.7 Å². The standard InChI is InChI=1S/C15H16ClNO2S2/c16-13-4-1-2-5-14(13)20-9-3-8-19-15(18)7-6-12-10-17-11-21-12/h1-2,4-5,10-11H,3,6-9H2. The van der Waals surface area contributed by atoms with E-state index in [9.17, 15) is 4.79 Å². The third-order valence-electron chi connectivity index (χ3n) is 2.70. The summed E-state index contributed by atoms with van der Waals surface area (Å²) in [4.78, 5) is 17.7. The molecule has 6 heteroatoms. The molecule has 0 bridgehead atoms. The fourth-order valence-corrected chi connectivity index (χ4v) is 3.41. The first-order valence-electron chi connectivity index (χ1n) is 6.66. The normalized spacial score (nSPS) is 10.5. The van der Waals surface area contributed by atoms with Gasteiger partial charge in [0.2, 0.25) is 0 Å². The maximum Gasteiger partial charge on any atom is 0.306 e. The fourth-order valence-electron chi connectivity index (χ4n) is 1.65. The Hall–Kier alpha value is -1.04. The Morgan fingerprint density at radius 2 is 2.24 bits per heavy atom. The molecule has 0 aliphatic carbocycles. The third-order valence-corrected chi connectivity index (χ3v) is 5.15. The van der Waals surface area contributed by atoms with Crippen molar-refractivity contribution in [1.29, 1.82) is 0 Å². The van der Waals surface area contributed by atoms with Crippen molar-refractivity contribution in [3.63, 3.8) is 0 Å². The first-order chi connectivity index (χ1) is 10.3. The quantitative estimate of drug-likeness (QED) is 0.404. The molecule has 0 radical (unpaired) electrons. The SMILES string of the molecule is O=C(CCc1cncs1)OCCCSc1ccccc1Cl. The lowest BCUT2D eigenvalue weighted by atomic mass is 10.3. The van der Waals surface area contributed by atoms with Crippen LogP contribution >= 0.6 is 34.7 Å². The molecular weight excluding hydrogens is 326 g/mol.